The Hall–Kier alpha value is -3.86. The lowest BCUT2D eigenvalue weighted by Gasteiger charge is -2.15. The van der Waals surface area contributed by atoms with E-state index in [1.165, 1.54) is 0 Å². The second-order valence-corrected chi connectivity index (χ2v) is 7.08. The van der Waals surface area contributed by atoms with Crippen molar-refractivity contribution in [3.63, 3.8) is 0 Å². The average molecular weight is 388 g/mol. The van der Waals surface area contributed by atoms with Crippen LogP contribution in [-0.4, -0.2) is 25.5 Å². The second-order valence-electron chi connectivity index (χ2n) is 7.08. The van der Waals surface area contributed by atoms with Gasteiger partial charge in [0.05, 0.1) is 0 Å². The van der Waals surface area contributed by atoms with Crippen molar-refractivity contribution < 1.29 is 25.5 Å². The SMILES string of the molecule is Oc1ccc(Cc2cc3ccc(O)c(Cc4ccc(O)cc4)c3c(O)c2O)cc1. The number of hydrogen-bond acceptors (Lipinski definition) is 5. The van der Waals surface area contributed by atoms with Crippen LogP contribution >= 0.6 is 0 Å². The first-order valence-electron chi connectivity index (χ1n) is 9.16. The molecule has 0 amide bonds. The van der Waals surface area contributed by atoms with Gasteiger partial charge in [0.2, 0.25) is 0 Å². The molecule has 0 atom stereocenters. The summed E-state index contributed by atoms with van der Waals surface area (Å²) in [5.74, 6) is -0.181. The molecule has 0 aliphatic heterocycles. The van der Waals surface area contributed by atoms with E-state index in [9.17, 15) is 25.5 Å². The highest BCUT2D eigenvalue weighted by molar-refractivity contribution is 5.96. The van der Waals surface area contributed by atoms with Gasteiger partial charge in [0.15, 0.2) is 11.5 Å². The van der Waals surface area contributed by atoms with E-state index < -0.39 is 0 Å². The quantitative estimate of drug-likeness (QED) is 0.330. The Morgan fingerprint density at radius 3 is 1.69 bits per heavy atom. The third kappa shape index (κ3) is 3.62. The van der Waals surface area contributed by atoms with Gasteiger partial charge in [0.25, 0.3) is 0 Å². The number of phenolic OH excluding ortho intramolecular Hbond substituents is 5. The third-order valence-electron chi connectivity index (χ3n) is 5.06. The molecule has 0 unspecified atom stereocenters. The van der Waals surface area contributed by atoms with Crippen LogP contribution in [0.25, 0.3) is 10.8 Å². The van der Waals surface area contributed by atoms with Crippen molar-refractivity contribution in [2.75, 3.05) is 0 Å². The van der Waals surface area contributed by atoms with E-state index in [1.54, 1.807) is 66.7 Å². The first kappa shape index (κ1) is 18.5. The molecule has 5 nitrogen and oxygen atoms in total. The fraction of sp³-hybridized carbons (Fsp3) is 0.0833. The fourth-order valence-electron chi connectivity index (χ4n) is 3.55. The van der Waals surface area contributed by atoms with E-state index >= 15 is 0 Å². The molecule has 0 heterocycles. The maximum atomic E-state index is 10.7. The molecule has 0 spiro atoms. The van der Waals surface area contributed by atoms with Crippen molar-refractivity contribution in [3.05, 3.63) is 89.0 Å². The normalized spacial score (nSPS) is 11.0. The lowest BCUT2D eigenvalue weighted by molar-refractivity contribution is 0.404. The van der Waals surface area contributed by atoms with Gasteiger partial charge in [-0.05, 0) is 52.9 Å². The van der Waals surface area contributed by atoms with Gasteiger partial charge < -0.3 is 25.5 Å². The van der Waals surface area contributed by atoms with Crippen molar-refractivity contribution in [2.24, 2.45) is 0 Å². The minimum atomic E-state index is -0.277. The standard InChI is InChI=1S/C24H20O5/c25-18-6-1-14(2-7-18)11-17-13-16-5-10-21(27)20(22(16)24(29)23(17)28)12-15-3-8-19(26)9-4-15/h1-10,13,25-29H,11-12H2. The molecule has 0 aromatic heterocycles. The number of hydrogen-bond donors (Lipinski definition) is 5. The van der Waals surface area contributed by atoms with Crippen LogP contribution in [0.5, 0.6) is 28.7 Å². The summed E-state index contributed by atoms with van der Waals surface area (Å²) >= 11 is 0. The summed E-state index contributed by atoms with van der Waals surface area (Å²) in [5.41, 5.74) is 2.76. The van der Waals surface area contributed by atoms with E-state index in [0.717, 1.165) is 11.1 Å². The summed E-state index contributed by atoms with van der Waals surface area (Å²) in [6.45, 7) is 0. The zero-order valence-corrected chi connectivity index (χ0v) is 15.5. The van der Waals surface area contributed by atoms with Crippen molar-refractivity contribution in [1.29, 1.82) is 0 Å². The lowest BCUT2D eigenvalue weighted by atomic mass is 9.93. The van der Waals surface area contributed by atoms with E-state index in [-0.39, 0.29) is 28.7 Å². The molecule has 0 fully saturated rings. The van der Waals surface area contributed by atoms with Crippen molar-refractivity contribution in [1.82, 2.24) is 0 Å². The number of aromatic hydroxyl groups is 5. The lowest BCUT2D eigenvalue weighted by Crippen LogP contribution is -1.95. The Balaban J connectivity index is 1.79. The second kappa shape index (κ2) is 7.28. The van der Waals surface area contributed by atoms with Gasteiger partial charge in [-0.25, -0.2) is 0 Å². The molecule has 29 heavy (non-hydrogen) atoms. The Labute approximate surface area is 167 Å². The topological polar surface area (TPSA) is 101 Å². The number of rotatable bonds is 4. The maximum absolute atomic E-state index is 10.7. The van der Waals surface area contributed by atoms with Crippen LogP contribution in [-0.2, 0) is 12.8 Å². The minimum Gasteiger partial charge on any atom is -0.508 e. The predicted molar refractivity (Wildman–Crippen MR) is 111 cm³/mol. The largest absolute Gasteiger partial charge is 0.508 e. The molecule has 0 saturated heterocycles. The van der Waals surface area contributed by atoms with Gasteiger partial charge in [0, 0.05) is 29.4 Å². The van der Waals surface area contributed by atoms with Crippen molar-refractivity contribution in [2.45, 2.75) is 12.8 Å². The van der Waals surface area contributed by atoms with E-state index in [0.29, 0.717) is 34.7 Å². The molecule has 0 saturated carbocycles. The van der Waals surface area contributed by atoms with Crippen LogP contribution < -0.4 is 0 Å². The highest BCUT2D eigenvalue weighted by Crippen LogP contribution is 2.43. The molecule has 5 heteroatoms. The fourth-order valence-corrected chi connectivity index (χ4v) is 3.55. The molecule has 4 aromatic carbocycles. The first-order valence-corrected chi connectivity index (χ1v) is 9.16. The van der Waals surface area contributed by atoms with Gasteiger partial charge in [-0.2, -0.15) is 0 Å². The highest BCUT2D eigenvalue weighted by Gasteiger charge is 2.18. The molecule has 0 bridgehead atoms. The van der Waals surface area contributed by atoms with Crippen LogP contribution in [0.2, 0.25) is 0 Å². The molecule has 5 N–H and O–H groups in total. The van der Waals surface area contributed by atoms with E-state index in [2.05, 4.69) is 0 Å². The minimum absolute atomic E-state index is 0.0200. The smallest absolute Gasteiger partial charge is 0.166 e. The summed E-state index contributed by atoms with van der Waals surface area (Å²) in [6, 6.07) is 18.3. The maximum Gasteiger partial charge on any atom is 0.166 e. The molecule has 0 aliphatic rings. The van der Waals surface area contributed by atoms with Crippen LogP contribution in [0.15, 0.2) is 66.7 Å². The highest BCUT2D eigenvalue weighted by atomic mass is 16.3. The third-order valence-corrected chi connectivity index (χ3v) is 5.06. The number of phenols is 5. The average Bonchev–Trinajstić information content (AvgIpc) is 2.71. The molecular weight excluding hydrogens is 368 g/mol. The summed E-state index contributed by atoms with van der Waals surface area (Å²) < 4.78 is 0. The van der Waals surface area contributed by atoms with E-state index in [4.69, 9.17) is 0 Å². The van der Waals surface area contributed by atoms with Gasteiger partial charge >= 0.3 is 0 Å². The molecule has 146 valence electrons. The van der Waals surface area contributed by atoms with Crippen LogP contribution in [0.1, 0.15) is 22.3 Å². The monoisotopic (exact) mass is 388 g/mol. The van der Waals surface area contributed by atoms with Gasteiger partial charge in [-0.3, -0.25) is 0 Å². The van der Waals surface area contributed by atoms with Crippen LogP contribution in [0, 0.1) is 0 Å². The summed E-state index contributed by atoms with van der Waals surface area (Å²) in [6.07, 6.45) is 0.706. The summed E-state index contributed by atoms with van der Waals surface area (Å²) in [4.78, 5) is 0. The summed E-state index contributed by atoms with van der Waals surface area (Å²) in [5, 5.41) is 51.7. The number of fused-ring (bicyclic) bond motifs is 1. The summed E-state index contributed by atoms with van der Waals surface area (Å²) in [7, 11) is 0. The van der Waals surface area contributed by atoms with Crippen molar-refractivity contribution in [3.8, 4) is 28.7 Å². The molecular formula is C24H20O5. The van der Waals surface area contributed by atoms with E-state index in [1.807, 2.05) is 0 Å². The van der Waals surface area contributed by atoms with Gasteiger partial charge in [0.1, 0.15) is 17.2 Å². The zero-order valence-electron chi connectivity index (χ0n) is 15.5. The molecule has 4 aromatic rings. The first-order chi connectivity index (χ1) is 13.9. The van der Waals surface area contributed by atoms with Gasteiger partial charge in [-0.1, -0.05) is 30.3 Å². The Morgan fingerprint density at radius 1 is 0.552 bits per heavy atom. The van der Waals surface area contributed by atoms with Crippen LogP contribution in [0.4, 0.5) is 0 Å². The Bertz CT molecular complexity index is 1180. The van der Waals surface area contributed by atoms with Crippen molar-refractivity contribution >= 4 is 10.8 Å². The van der Waals surface area contributed by atoms with Crippen LogP contribution in [0.3, 0.4) is 0 Å². The Kier molecular flexibility index (Phi) is 4.64. The molecule has 0 radical (unpaired) electrons. The molecule has 4 rings (SSSR count). The zero-order chi connectivity index (χ0) is 20.5. The van der Waals surface area contributed by atoms with Gasteiger partial charge in [-0.15, -0.1) is 0 Å². The predicted octanol–water partition coefficient (Wildman–Crippen LogP) is 4.55. The Morgan fingerprint density at radius 2 is 1.10 bits per heavy atom. The molecule has 0 aliphatic carbocycles. The number of benzene rings is 4.